The number of ketones is 1. The van der Waals surface area contributed by atoms with Crippen LogP contribution in [0.15, 0.2) is 33.6 Å². The maximum absolute atomic E-state index is 13.9. The third-order valence-corrected chi connectivity index (χ3v) is 8.61. The second-order valence-electron chi connectivity index (χ2n) is 9.66. The molecule has 5 atom stereocenters. The minimum atomic E-state index is -0.355. The van der Waals surface area contributed by atoms with Crippen molar-refractivity contribution in [3.63, 3.8) is 0 Å². The molecule has 5 nitrogen and oxygen atoms in total. The Bertz CT molecular complexity index is 925. The van der Waals surface area contributed by atoms with Gasteiger partial charge in [0, 0.05) is 54.5 Å². The van der Waals surface area contributed by atoms with Crippen LogP contribution >= 0.6 is 0 Å². The monoisotopic (exact) mass is 381 g/mol. The molecule has 28 heavy (non-hydrogen) atoms. The Kier molecular flexibility index (Phi) is 3.27. The van der Waals surface area contributed by atoms with Gasteiger partial charge < -0.3 is 9.47 Å². The second kappa shape index (κ2) is 5.38. The molecule has 0 aromatic carbocycles. The lowest BCUT2D eigenvalue weighted by atomic mass is 9.65. The Morgan fingerprint density at radius 3 is 2.86 bits per heavy atom. The molecule has 0 saturated carbocycles. The zero-order chi connectivity index (χ0) is 19.4. The molecule has 3 heterocycles. The van der Waals surface area contributed by atoms with Gasteiger partial charge in [0.1, 0.15) is 5.76 Å². The van der Waals surface area contributed by atoms with E-state index in [1.165, 1.54) is 7.11 Å². The molecule has 6 rings (SSSR count). The average molecular weight is 381 g/mol. The van der Waals surface area contributed by atoms with Gasteiger partial charge in [0.25, 0.3) is 0 Å². The van der Waals surface area contributed by atoms with Crippen molar-refractivity contribution in [3.8, 4) is 0 Å². The first-order valence-corrected chi connectivity index (χ1v) is 10.7. The number of esters is 1. The molecule has 0 radical (unpaired) electrons. The third-order valence-electron chi connectivity index (χ3n) is 8.61. The van der Waals surface area contributed by atoms with E-state index in [1.54, 1.807) is 0 Å². The lowest BCUT2D eigenvalue weighted by Crippen LogP contribution is -2.48. The highest BCUT2D eigenvalue weighted by Crippen LogP contribution is 2.64. The van der Waals surface area contributed by atoms with Crippen LogP contribution in [-0.2, 0) is 19.1 Å². The van der Waals surface area contributed by atoms with Gasteiger partial charge in [-0.2, -0.15) is 0 Å². The van der Waals surface area contributed by atoms with Crippen molar-refractivity contribution in [1.82, 2.24) is 4.90 Å². The summed E-state index contributed by atoms with van der Waals surface area (Å²) in [5.74, 6) is 1.63. The summed E-state index contributed by atoms with van der Waals surface area (Å²) >= 11 is 0. The molecular weight excluding hydrogens is 354 g/mol. The summed E-state index contributed by atoms with van der Waals surface area (Å²) in [4.78, 5) is 29.5. The predicted octanol–water partition coefficient (Wildman–Crippen LogP) is 2.78. The molecule has 148 valence electrons. The van der Waals surface area contributed by atoms with Crippen LogP contribution in [0.3, 0.4) is 0 Å². The number of hydrogen-bond acceptors (Lipinski definition) is 5. The normalized spacial score (nSPS) is 41.2. The lowest BCUT2D eigenvalue weighted by Gasteiger charge is -2.43. The van der Waals surface area contributed by atoms with Gasteiger partial charge in [0.2, 0.25) is 0 Å². The van der Waals surface area contributed by atoms with Crippen LogP contribution < -0.4 is 0 Å². The Labute approximate surface area is 165 Å². The fraction of sp³-hybridized carbons (Fsp3) is 0.652. The number of Topliss-reactive ketones (excluding diaryl/α,β-unsaturated/α-hetero) is 1. The maximum Gasteiger partial charge on any atom is 0.338 e. The quantitative estimate of drug-likeness (QED) is 0.654. The fourth-order valence-corrected chi connectivity index (χ4v) is 7.33. The van der Waals surface area contributed by atoms with Crippen molar-refractivity contribution in [3.05, 3.63) is 33.6 Å². The first-order valence-electron chi connectivity index (χ1n) is 10.7. The zero-order valence-corrected chi connectivity index (χ0v) is 16.8. The number of nitrogens with zero attached hydrogens (tertiary/aromatic N) is 1. The zero-order valence-electron chi connectivity index (χ0n) is 16.8. The second-order valence-corrected chi connectivity index (χ2v) is 9.66. The van der Waals surface area contributed by atoms with Crippen LogP contribution in [-0.4, -0.2) is 49.5 Å². The van der Waals surface area contributed by atoms with Crippen LogP contribution in [0.2, 0.25) is 0 Å². The van der Waals surface area contributed by atoms with Crippen molar-refractivity contribution < 1.29 is 19.1 Å². The summed E-state index contributed by atoms with van der Waals surface area (Å²) in [6, 6.07) is 0.377. The highest BCUT2D eigenvalue weighted by atomic mass is 16.5. The van der Waals surface area contributed by atoms with E-state index in [0.717, 1.165) is 54.8 Å². The molecule has 2 bridgehead atoms. The minimum Gasteiger partial charge on any atom is -0.497 e. The van der Waals surface area contributed by atoms with Gasteiger partial charge in [-0.25, -0.2) is 4.79 Å². The van der Waals surface area contributed by atoms with E-state index in [9.17, 15) is 9.59 Å². The third kappa shape index (κ3) is 1.78. The molecule has 0 amide bonds. The number of allylic oxidation sites excluding steroid dienone is 2. The van der Waals surface area contributed by atoms with Crippen LogP contribution in [0.25, 0.3) is 0 Å². The molecule has 2 saturated heterocycles. The van der Waals surface area contributed by atoms with E-state index >= 15 is 0 Å². The van der Waals surface area contributed by atoms with E-state index in [1.807, 2.05) is 0 Å². The van der Waals surface area contributed by atoms with E-state index < -0.39 is 0 Å². The van der Waals surface area contributed by atoms with Gasteiger partial charge in [-0.3, -0.25) is 9.69 Å². The van der Waals surface area contributed by atoms with Gasteiger partial charge in [-0.15, -0.1) is 0 Å². The maximum atomic E-state index is 13.9. The van der Waals surface area contributed by atoms with E-state index in [-0.39, 0.29) is 23.1 Å². The van der Waals surface area contributed by atoms with Crippen LogP contribution in [0.5, 0.6) is 0 Å². The predicted molar refractivity (Wildman–Crippen MR) is 102 cm³/mol. The molecule has 0 aromatic rings. The lowest BCUT2D eigenvalue weighted by molar-refractivity contribution is -0.136. The Morgan fingerprint density at radius 1 is 1.25 bits per heavy atom. The summed E-state index contributed by atoms with van der Waals surface area (Å²) in [5, 5.41) is 0. The Balaban J connectivity index is 1.71. The smallest absolute Gasteiger partial charge is 0.338 e. The van der Waals surface area contributed by atoms with E-state index in [0.29, 0.717) is 42.1 Å². The van der Waals surface area contributed by atoms with Crippen molar-refractivity contribution in [1.29, 1.82) is 0 Å². The molecule has 0 unspecified atom stereocenters. The van der Waals surface area contributed by atoms with Gasteiger partial charge in [-0.1, -0.05) is 13.8 Å². The van der Waals surface area contributed by atoms with Crippen molar-refractivity contribution in [2.45, 2.75) is 45.6 Å². The van der Waals surface area contributed by atoms with Gasteiger partial charge in [0.15, 0.2) is 5.78 Å². The Hall–Kier alpha value is -1.88. The largest absolute Gasteiger partial charge is 0.497 e. The number of carbonyl (C=O) groups is 2. The number of rotatable bonds is 1. The average Bonchev–Trinajstić information content (AvgIpc) is 3.11. The molecule has 0 N–H and O–H groups in total. The molecule has 0 aromatic heterocycles. The molecule has 3 aliphatic carbocycles. The first-order chi connectivity index (χ1) is 13.5. The van der Waals surface area contributed by atoms with Crippen LogP contribution in [0, 0.1) is 23.2 Å². The molecular formula is C23H27NO4. The van der Waals surface area contributed by atoms with E-state index in [4.69, 9.17) is 9.47 Å². The highest BCUT2D eigenvalue weighted by molar-refractivity contribution is 6.15. The fourth-order valence-electron chi connectivity index (χ4n) is 7.33. The molecule has 3 aliphatic heterocycles. The van der Waals surface area contributed by atoms with Crippen molar-refractivity contribution in [2.75, 3.05) is 26.8 Å². The molecule has 5 heteroatoms. The molecule has 2 fully saturated rings. The number of ether oxygens (including phenoxy) is 2. The van der Waals surface area contributed by atoms with Crippen molar-refractivity contribution in [2.24, 2.45) is 23.2 Å². The Morgan fingerprint density at radius 2 is 2.07 bits per heavy atom. The number of carbonyl (C=O) groups excluding carboxylic acids is 2. The summed E-state index contributed by atoms with van der Waals surface area (Å²) in [6.07, 6.45) is 3.58. The van der Waals surface area contributed by atoms with Crippen molar-refractivity contribution >= 4 is 11.8 Å². The number of fused-ring (bicyclic) bond motifs is 1. The molecule has 0 spiro atoms. The summed E-state index contributed by atoms with van der Waals surface area (Å²) in [5.41, 5.74) is 4.39. The molecule has 6 aliphatic rings. The summed E-state index contributed by atoms with van der Waals surface area (Å²) in [7, 11) is 1.42. The SMILES string of the molecule is COC(=O)C1=C2CCOC3=C2C2=C1C(=O)[C@@H]1C[C@H]4N(C[C@@H](CC3)[C@@]24C)C[C@H]1C. The standard InChI is InChI=1S/C23H27NO4/c1-11-9-24-10-12-4-5-15-17-13(6-7-28-15)18(22(26)27-3)19-20(17)23(12,2)16(24)8-14(11)21(19)25/h11-12,14,16H,4-10H2,1-3H3/t11-,12-,14-,16-,23-/m1/s1. The number of hydrogen-bond donors (Lipinski definition) is 0. The van der Waals surface area contributed by atoms with Gasteiger partial charge >= 0.3 is 5.97 Å². The number of piperidine rings is 1. The highest BCUT2D eigenvalue weighted by Gasteiger charge is 2.63. The van der Waals surface area contributed by atoms with Crippen LogP contribution in [0.1, 0.15) is 39.5 Å². The summed E-state index contributed by atoms with van der Waals surface area (Å²) < 4.78 is 11.3. The van der Waals surface area contributed by atoms with Crippen LogP contribution in [0.4, 0.5) is 0 Å². The summed E-state index contributed by atoms with van der Waals surface area (Å²) in [6.45, 7) is 7.23. The topological polar surface area (TPSA) is 55.8 Å². The van der Waals surface area contributed by atoms with Gasteiger partial charge in [-0.05, 0) is 35.8 Å². The van der Waals surface area contributed by atoms with E-state index in [2.05, 4.69) is 18.7 Å². The van der Waals surface area contributed by atoms with Gasteiger partial charge in [0.05, 0.1) is 19.3 Å². The first kappa shape index (κ1) is 17.0. The number of methoxy groups -OCH3 is 1. The minimum absolute atomic E-state index is 0.00312.